The lowest BCUT2D eigenvalue weighted by molar-refractivity contribution is -0.136. The fraction of sp³-hybridized carbons (Fsp3) is 0.688. The van der Waals surface area contributed by atoms with E-state index in [1.54, 1.807) is 11.3 Å². The van der Waals surface area contributed by atoms with Crippen LogP contribution < -0.4 is 5.32 Å². The highest BCUT2D eigenvalue weighted by atomic mass is 32.1. The Labute approximate surface area is 125 Å². The van der Waals surface area contributed by atoms with E-state index in [9.17, 15) is 4.79 Å². The second kappa shape index (κ2) is 7.79. The minimum absolute atomic E-state index is 0.142. The van der Waals surface area contributed by atoms with Crippen molar-refractivity contribution in [3.8, 4) is 0 Å². The van der Waals surface area contributed by atoms with Crippen LogP contribution in [-0.2, 0) is 17.8 Å². The number of carboxylic acid groups (broad SMARTS) is 1. The second-order valence-electron chi connectivity index (χ2n) is 5.86. The van der Waals surface area contributed by atoms with Crippen molar-refractivity contribution in [1.29, 1.82) is 0 Å². The number of rotatable bonds is 6. The number of carbonyl (C=O) groups is 1. The molecule has 0 amide bonds. The van der Waals surface area contributed by atoms with Gasteiger partial charge in [0, 0.05) is 22.3 Å². The summed E-state index contributed by atoms with van der Waals surface area (Å²) in [5.41, 5.74) is 0. The molecule has 0 bridgehead atoms. The van der Waals surface area contributed by atoms with E-state index in [1.165, 1.54) is 43.4 Å². The summed E-state index contributed by atoms with van der Waals surface area (Å²) in [6.07, 6.45) is 8.38. The zero-order valence-corrected chi connectivity index (χ0v) is 13.0. The standard InChI is InChI=1S/C16H25NO2S/c1-12(13-6-4-2-3-5-7-13)17-11-15-9-8-14(20-15)10-16(18)19/h8-9,12-13,17H,2-7,10-11H2,1H3,(H,18,19)/t12-/m1/s1. The van der Waals surface area contributed by atoms with Crippen molar-refractivity contribution in [2.24, 2.45) is 5.92 Å². The van der Waals surface area contributed by atoms with Crippen molar-refractivity contribution in [2.75, 3.05) is 0 Å². The van der Waals surface area contributed by atoms with Crippen molar-refractivity contribution < 1.29 is 9.90 Å². The highest BCUT2D eigenvalue weighted by Crippen LogP contribution is 2.26. The third-order valence-electron chi connectivity index (χ3n) is 4.25. The first-order chi connectivity index (χ1) is 9.65. The van der Waals surface area contributed by atoms with E-state index in [0.29, 0.717) is 6.04 Å². The molecule has 20 heavy (non-hydrogen) atoms. The van der Waals surface area contributed by atoms with Crippen LogP contribution in [-0.4, -0.2) is 17.1 Å². The molecule has 112 valence electrons. The summed E-state index contributed by atoms with van der Waals surface area (Å²) in [6.45, 7) is 3.16. The van der Waals surface area contributed by atoms with Crippen LogP contribution in [0.15, 0.2) is 12.1 Å². The Hall–Kier alpha value is -0.870. The normalized spacial score (nSPS) is 18.6. The molecule has 0 spiro atoms. The van der Waals surface area contributed by atoms with E-state index < -0.39 is 5.97 Å². The van der Waals surface area contributed by atoms with Crippen LogP contribution in [0.5, 0.6) is 0 Å². The van der Waals surface area contributed by atoms with Crippen molar-refractivity contribution >= 4 is 17.3 Å². The Kier molecular flexibility index (Phi) is 6.05. The summed E-state index contributed by atoms with van der Waals surface area (Å²) in [5, 5.41) is 12.4. The first-order valence-electron chi connectivity index (χ1n) is 7.68. The van der Waals surface area contributed by atoms with Crippen LogP contribution in [0.2, 0.25) is 0 Å². The van der Waals surface area contributed by atoms with Gasteiger partial charge in [0.25, 0.3) is 0 Å². The van der Waals surface area contributed by atoms with Gasteiger partial charge in [-0.25, -0.2) is 0 Å². The lowest BCUT2D eigenvalue weighted by Gasteiger charge is -2.23. The molecule has 1 aromatic rings. The molecule has 0 unspecified atom stereocenters. The molecule has 1 aliphatic rings. The third-order valence-corrected chi connectivity index (χ3v) is 5.33. The zero-order valence-electron chi connectivity index (χ0n) is 12.2. The first-order valence-corrected chi connectivity index (χ1v) is 8.49. The van der Waals surface area contributed by atoms with Gasteiger partial charge in [-0.2, -0.15) is 0 Å². The maximum Gasteiger partial charge on any atom is 0.308 e. The molecule has 0 radical (unpaired) electrons. The molecule has 1 aromatic heterocycles. The quantitative estimate of drug-likeness (QED) is 0.784. The largest absolute Gasteiger partial charge is 0.481 e. The van der Waals surface area contributed by atoms with Crippen LogP contribution in [0.3, 0.4) is 0 Å². The van der Waals surface area contributed by atoms with Gasteiger partial charge in [0.05, 0.1) is 6.42 Å². The minimum atomic E-state index is -0.752. The van der Waals surface area contributed by atoms with Gasteiger partial charge in [-0.15, -0.1) is 11.3 Å². The molecule has 2 N–H and O–H groups in total. The predicted octanol–water partition coefficient (Wildman–Crippen LogP) is 3.82. The molecule has 1 atom stereocenters. The predicted molar refractivity (Wildman–Crippen MR) is 83.2 cm³/mol. The Morgan fingerprint density at radius 2 is 1.95 bits per heavy atom. The molecule has 1 saturated carbocycles. The van der Waals surface area contributed by atoms with Crippen molar-refractivity contribution in [1.82, 2.24) is 5.32 Å². The fourth-order valence-corrected chi connectivity index (χ4v) is 3.96. The summed E-state index contributed by atoms with van der Waals surface area (Å²) >= 11 is 1.61. The molecule has 4 heteroatoms. The molecule has 0 saturated heterocycles. The van der Waals surface area contributed by atoms with E-state index in [2.05, 4.69) is 18.3 Å². The molecular formula is C16H25NO2S. The molecule has 0 aliphatic heterocycles. The molecule has 1 heterocycles. The third kappa shape index (κ3) is 4.91. The average Bonchev–Trinajstić information content (AvgIpc) is 2.67. The Morgan fingerprint density at radius 3 is 2.60 bits per heavy atom. The number of nitrogens with one attached hydrogen (secondary N) is 1. The van der Waals surface area contributed by atoms with Gasteiger partial charge in [0.2, 0.25) is 0 Å². The molecule has 1 aliphatic carbocycles. The lowest BCUT2D eigenvalue weighted by Crippen LogP contribution is -2.32. The summed E-state index contributed by atoms with van der Waals surface area (Å²) in [7, 11) is 0. The van der Waals surface area contributed by atoms with Gasteiger partial charge in [-0.3, -0.25) is 4.79 Å². The first kappa shape index (κ1) is 15.5. The molecule has 1 fully saturated rings. The van der Waals surface area contributed by atoms with E-state index >= 15 is 0 Å². The van der Waals surface area contributed by atoms with Crippen molar-refractivity contribution in [3.63, 3.8) is 0 Å². The fourth-order valence-electron chi connectivity index (χ4n) is 3.00. The number of aliphatic carboxylic acids is 1. The van der Waals surface area contributed by atoms with Gasteiger partial charge in [0.1, 0.15) is 0 Å². The molecular weight excluding hydrogens is 270 g/mol. The Bertz CT molecular complexity index is 422. The highest BCUT2D eigenvalue weighted by Gasteiger charge is 2.18. The van der Waals surface area contributed by atoms with E-state index in [1.807, 2.05) is 6.07 Å². The maximum atomic E-state index is 10.7. The zero-order chi connectivity index (χ0) is 14.4. The number of hydrogen-bond donors (Lipinski definition) is 2. The number of thiophene rings is 1. The highest BCUT2D eigenvalue weighted by molar-refractivity contribution is 7.12. The van der Waals surface area contributed by atoms with Crippen LogP contribution in [0.25, 0.3) is 0 Å². The molecule has 0 aromatic carbocycles. The van der Waals surface area contributed by atoms with Crippen molar-refractivity contribution in [3.05, 3.63) is 21.9 Å². The van der Waals surface area contributed by atoms with Crippen LogP contribution in [0.1, 0.15) is 55.2 Å². The van der Waals surface area contributed by atoms with Crippen LogP contribution in [0.4, 0.5) is 0 Å². The average molecular weight is 295 g/mol. The minimum Gasteiger partial charge on any atom is -0.481 e. The van der Waals surface area contributed by atoms with Gasteiger partial charge in [-0.1, -0.05) is 25.7 Å². The lowest BCUT2D eigenvalue weighted by atomic mass is 9.93. The van der Waals surface area contributed by atoms with Crippen molar-refractivity contribution in [2.45, 2.75) is 64.5 Å². The van der Waals surface area contributed by atoms with Gasteiger partial charge in [-0.05, 0) is 37.8 Å². The number of hydrogen-bond acceptors (Lipinski definition) is 3. The summed E-state index contributed by atoms with van der Waals surface area (Å²) in [6, 6.07) is 4.54. The SMILES string of the molecule is C[C@@H](NCc1ccc(CC(=O)O)s1)C1CCCCCC1. The summed E-state index contributed by atoms with van der Waals surface area (Å²) in [5.74, 6) is 0.0501. The Balaban J connectivity index is 1.78. The van der Waals surface area contributed by atoms with E-state index in [4.69, 9.17) is 5.11 Å². The maximum absolute atomic E-state index is 10.7. The van der Waals surface area contributed by atoms with Gasteiger partial charge >= 0.3 is 5.97 Å². The smallest absolute Gasteiger partial charge is 0.308 e. The van der Waals surface area contributed by atoms with Gasteiger partial charge in [0.15, 0.2) is 0 Å². The Morgan fingerprint density at radius 1 is 1.30 bits per heavy atom. The second-order valence-corrected chi connectivity index (χ2v) is 7.11. The van der Waals surface area contributed by atoms with Crippen LogP contribution in [0, 0.1) is 5.92 Å². The monoisotopic (exact) mass is 295 g/mol. The summed E-state index contributed by atoms with van der Waals surface area (Å²) in [4.78, 5) is 12.9. The van der Waals surface area contributed by atoms with Crippen LogP contribution >= 0.6 is 11.3 Å². The topological polar surface area (TPSA) is 49.3 Å². The molecule has 2 rings (SSSR count). The van der Waals surface area contributed by atoms with E-state index in [0.717, 1.165) is 17.3 Å². The number of carboxylic acids is 1. The van der Waals surface area contributed by atoms with E-state index in [-0.39, 0.29) is 6.42 Å². The summed E-state index contributed by atoms with van der Waals surface area (Å²) < 4.78 is 0. The molecule has 3 nitrogen and oxygen atoms in total. The van der Waals surface area contributed by atoms with Gasteiger partial charge < -0.3 is 10.4 Å².